The zero-order valence-electron chi connectivity index (χ0n) is 12.3. The van der Waals surface area contributed by atoms with Crippen molar-refractivity contribution in [2.24, 2.45) is 11.3 Å². The van der Waals surface area contributed by atoms with E-state index in [4.69, 9.17) is 0 Å². The number of halogens is 1. The largest absolute Gasteiger partial charge is 0.355 e. The van der Waals surface area contributed by atoms with Crippen molar-refractivity contribution < 1.29 is 9.18 Å². The molecule has 3 nitrogen and oxygen atoms in total. The summed E-state index contributed by atoms with van der Waals surface area (Å²) in [7, 11) is 0. The van der Waals surface area contributed by atoms with Gasteiger partial charge in [-0.2, -0.15) is 0 Å². The average Bonchev–Trinajstić information content (AvgIpc) is 3.28. The molecule has 1 amide bonds. The molecule has 2 fully saturated rings. The first kappa shape index (κ1) is 14.5. The number of carbonyl (C=O) groups excluding carboxylic acids is 1. The molecule has 0 atom stereocenters. The summed E-state index contributed by atoms with van der Waals surface area (Å²) in [5, 5.41) is 6.43. The second-order valence-corrected chi connectivity index (χ2v) is 6.55. The first-order valence-electron chi connectivity index (χ1n) is 7.90. The van der Waals surface area contributed by atoms with E-state index in [0.717, 1.165) is 57.3 Å². The van der Waals surface area contributed by atoms with Crippen LogP contribution in [0.2, 0.25) is 0 Å². The Bertz CT molecular complexity index is 490. The minimum atomic E-state index is -0.192. The standard InChI is InChI=1S/C17H23FN2O/c18-15-3-1-13(2-4-15)11-17(7-8-17)12-20-16(21)14-5-9-19-10-6-14/h1-4,14,19H,5-12H2,(H,20,21). The Labute approximate surface area is 125 Å². The van der Waals surface area contributed by atoms with Gasteiger partial charge in [0.15, 0.2) is 0 Å². The van der Waals surface area contributed by atoms with E-state index in [1.807, 2.05) is 12.1 Å². The van der Waals surface area contributed by atoms with Crippen LogP contribution in [0.5, 0.6) is 0 Å². The summed E-state index contributed by atoms with van der Waals surface area (Å²) in [5.41, 5.74) is 1.37. The molecule has 3 rings (SSSR count). The molecule has 114 valence electrons. The van der Waals surface area contributed by atoms with Gasteiger partial charge >= 0.3 is 0 Å². The average molecular weight is 290 g/mol. The fourth-order valence-electron chi connectivity index (χ4n) is 3.13. The van der Waals surface area contributed by atoms with Crippen LogP contribution in [0.1, 0.15) is 31.2 Å². The van der Waals surface area contributed by atoms with Gasteiger partial charge in [-0.05, 0) is 68.3 Å². The van der Waals surface area contributed by atoms with E-state index in [-0.39, 0.29) is 23.1 Å². The lowest BCUT2D eigenvalue weighted by molar-refractivity contribution is -0.126. The Kier molecular flexibility index (Phi) is 4.24. The van der Waals surface area contributed by atoms with Crippen molar-refractivity contribution in [2.45, 2.75) is 32.1 Å². The molecule has 2 N–H and O–H groups in total. The lowest BCUT2D eigenvalue weighted by Gasteiger charge is -2.23. The van der Waals surface area contributed by atoms with Crippen molar-refractivity contribution in [3.63, 3.8) is 0 Å². The van der Waals surface area contributed by atoms with Gasteiger partial charge in [0.2, 0.25) is 5.91 Å². The number of benzene rings is 1. The number of rotatable bonds is 5. The molecule has 1 aliphatic heterocycles. The molecule has 1 aromatic carbocycles. The summed E-state index contributed by atoms with van der Waals surface area (Å²) >= 11 is 0. The molecule has 1 saturated heterocycles. The lowest BCUT2D eigenvalue weighted by Crippen LogP contribution is -2.40. The van der Waals surface area contributed by atoms with Crippen LogP contribution in [-0.2, 0) is 11.2 Å². The zero-order chi connectivity index (χ0) is 14.7. The smallest absolute Gasteiger partial charge is 0.223 e. The highest BCUT2D eigenvalue weighted by Gasteiger charge is 2.42. The van der Waals surface area contributed by atoms with Crippen LogP contribution in [0.4, 0.5) is 4.39 Å². The van der Waals surface area contributed by atoms with Gasteiger partial charge in [-0.1, -0.05) is 12.1 Å². The number of amides is 1. The first-order chi connectivity index (χ1) is 10.2. The van der Waals surface area contributed by atoms with Crippen LogP contribution in [0.3, 0.4) is 0 Å². The fourth-order valence-corrected chi connectivity index (χ4v) is 3.13. The summed E-state index contributed by atoms with van der Waals surface area (Å²) < 4.78 is 12.9. The van der Waals surface area contributed by atoms with Crippen molar-refractivity contribution >= 4 is 5.91 Å². The highest BCUT2D eigenvalue weighted by molar-refractivity contribution is 5.78. The predicted molar refractivity (Wildman–Crippen MR) is 80.4 cm³/mol. The summed E-state index contributed by atoms with van der Waals surface area (Å²) in [6, 6.07) is 6.73. The Morgan fingerprint density at radius 3 is 2.52 bits per heavy atom. The van der Waals surface area contributed by atoms with Crippen LogP contribution in [0, 0.1) is 17.2 Å². The topological polar surface area (TPSA) is 41.1 Å². The van der Waals surface area contributed by atoms with Crippen LogP contribution < -0.4 is 10.6 Å². The molecule has 0 spiro atoms. The van der Waals surface area contributed by atoms with Crippen molar-refractivity contribution in [3.8, 4) is 0 Å². The molecule has 1 heterocycles. The third-order valence-electron chi connectivity index (χ3n) is 4.80. The molecule has 0 bridgehead atoms. The van der Waals surface area contributed by atoms with Gasteiger partial charge in [0.05, 0.1) is 0 Å². The van der Waals surface area contributed by atoms with Gasteiger partial charge in [0.1, 0.15) is 5.82 Å². The van der Waals surface area contributed by atoms with Gasteiger partial charge in [0.25, 0.3) is 0 Å². The molecule has 1 aromatic rings. The Balaban J connectivity index is 1.50. The van der Waals surface area contributed by atoms with Crippen molar-refractivity contribution in [2.75, 3.05) is 19.6 Å². The predicted octanol–water partition coefficient (Wildman–Crippen LogP) is 2.26. The highest BCUT2D eigenvalue weighted by atomic mass is 19.1. The van der Waals surface area contributed by atoms with Crippen molar-refractivity contribution in [3.05, 3.63) is 35.6 Å². The number of hydrogen-bond acceptors (Lipinski definition) is 2. The van der Waals surface area contributed by atoms with E-state index in [0.29, 0.717) is 0 Å². The molecule has 2 aliphatic rings. The van der Waals surface area contributed by atoms with E-state index in [1.54, 1.807) is 0 Å². The maximum absolute atomic E-state index is 12.9. The molecule has 1 saturated carbocycles. The molecule has 4 heteroatoms. The van der Waals surface area contributed by atoms with E-state index < -0.39 is 0 Å². The van der Waals surface area contributed by atoms with Crippen molar-refractivity contribution in [1.82, 2.24) is 10.6 Å². The van der Waals surface area contributed by atoms with E-state index in [2.05, 4.69) is 10.6 Å². The number of piperidine rings is 1. The quantitative estimate of drug-likeness (QED) is 0.873. The van der Waals surface area contributed by atoms with Gasteiger partial charge in [0, 0.05) is 12.5 Å². The summed E-state index contributed by atoms with van der Waals surface area (Å²) in [6.07, 6.45) is 5.11. The Morgan fingerprint density at radius 1 is 1.24 bits per heavy atom. The van der Waals surface area contributed by atoms with Gasteiger partial charge < -0.3 is 10.6 Å². The van der Waals surface area contributed by atoms with Gasteiger partial charge in [-0.15, -0.1) is 0 Å². The maximum Gasteiger partial charge on any atom is 0.223 e. The highest BCUT2D eigenvalue weighted by Crippen LogP contribution is 2.47. The minimum absolute atomic E-state index is 0.174. The van der Waals surface area contributed by atoms with Crippen LogP contribution >= 0.6 is 0 Å². The van der Waals surface area contributed by atoms with Crippen LogP contribution in [-0.4, -0.2) is 25.5 Å². The Hall–Kier alpha value is -1.42. The molecule has 1 aliphatic carbocycles. The number of hydrogen-bond donors (Lipinski definition) is 2. The van der Waals surface area contributed by atoms with E-state index >= 15 is 0 Å². The number of carbonyl (C=O) groups is 1. The second-order valence-electron chi connectivity index (χ2n) is 6.55. The van der Waals surface area contributed by atoms with Gasteiger partial charge in [-0.3, -0.25) is 4.79 Å². The third kappa shape index (κ3) is 3.82. The van der Waals surface area contributed by atoms with E-state index in [1.165, 1.54) is 12.1 Å². The molecule has 0 aromatic heterocycles. The van der Waals surface area contributed by atoms with Gasteiger partial charge in [-0.25, -0.2) is 4.39 Å². The number of nitrogens with one attached hydrogen (secondary N) is 2. The summed E-state index contributed by atoms with van der Waals surface area (Å²) in [6.45, 7) is 2.64. The minimum Gasteiger partial charge on any atom is -0.355 e. The molecule has 21 heavy (non-hydrogen) atoms. The molecular formula is C17H23FN2O. The zero-order valence-corrected chi connectivity index (χ0v) is 12.3. The van der Waals surface area contributed by atoms with Crippen LogP contribution in [0.15, 0.2) is 24.3 Å². The lowest BCUT2D eigenvalue weighted by atomic mass is 9.94. The SMILES string of the molecule is O=C(NCC1(Cc2ccc(F)cc2)CC1)C1CCNCC1. The second kappa shape index (κ2) is 6.14. The molecule has 0 unspecified atom stereocenters. The first-order valence-corrected chi connectivity index (χ1v) is 7.90. The third-order valence-corrected chi connectivity index (χ3v) is 4.80. The summed E-state index contributed by atoms with van der Waals surface area (Å²) in [5.74, 6) is 0.192. The fraction of sp³-hybridized carbons (Fsp3) is 0.588. The molecular weight excluding hydrogens is 267 g/mol. The maximum atomic E-state index is 12.9. The monoisotopic (exact) mass is 290 g/mol. The normalized spacial score (nSPS) is 21.0. The van der Waals surface area contributed by atoms with E-state index in [9.17, 15) is 9.18 Å². The molecule has 0 radical (unpaired) electrons. The van der Waals surface area contributed by atoms with Crippen LogP contribution in [0.25, 0.3) is 0 Å². The summed E-state index contributed by atoms with van der Waals surface area (Å²) in [4.78, 5) is 12.2. The van der Waals surface area contributed by atoms with Crippen molar-refractivity contribution in [1.29, 1.82) is 0 Å². The Morgan fingerprint density at radius 2 is 1.90 bits per heavy atom.